The van der Waals surface area contributed by atoms with E-state index >= 15 is 0 Å². The van der Waals surface area contributed by atoms with E-state index in [-0.39, 0.29) is 0 Å². The molecule has 4 nitrogen and oxygen atoms in total. The fraction of sp³-hybridized carbons (Fsp3) is 0. The minimum Gasteiger partial charge on any atom is -0.360 e. The van der Waals surface area contributed by atoms with Crippen molar-refractivity contribution >= 4 is 5.69 Å². The first-order valence-electron chi connectivity index (χ1n) is 2.73. The summed E-state index contributed by atoms with van der Waals surface area (Å²) < 4.78 is 0. The molecule has 0 aliphatic heterocycles. The molecule has 0 saturated heterocycles. The minimum absolute atomic E-state index is 0.667. The quantitative estimate of drug-likeness (QED) is 0.440. The molecular weight excluding hydrogens is 128 g/mol. The molecule has 0 spiro atoms. The summed E-state index contributed by atoms with van der Waals surface area (Å²) in [5.41, 5.74) is 8.56. The molecule has 0 aliphatic rings. The summed E-state index contributed by atoms with van der Waals surface area (Å²) in [7, 11) is 0. The highest BCUT2D eigenvalue weighted by Crippen LogP contribution is 2.09. The van der Waals surface area contributed by atoms with Gasteiger partial charge in [0.15, 0.2) is 0 Å². The van der Waals surface area contributed by atoms with Crippen molar-refractivity contribution in [3.05, 3.63) is 35.9 Å². The van der Waals surface area contributed by atoms with Crippen LogP contribution in [0.3, 0.4) is 0 Å². The highest BCUT2D eigenvalue weighted by Gasteiger charge is 1.77. The van der Waals surface area contributed by atoms with Gasteiger partial charge in [-0.1, -0.05) is 18.2 Å². The van der Waals surface area contributed by atoms with Crippen LogP contribution in [0, 0.1) is 0 Å². The van der Waals surface area contributed by atoms with Gasteiger partial charge in [0.25, 0.3) is 0 Å². The molecule has 1 rings (SSSR count). The van der Waals surface area contributed by atoms with Crippen LogP contribution >= 0.6 is 0 Å². The van der Waals surface area contributed by atoms with E-state index in [1.54, 1.807) is 12.1 Å². The number of hydrogen-bond acceptors (Lipinski definition) is 1. The number of nitrogens with zero attached hydrogens (tertiary/aromatic N) is 4. The maximum absolute atomic E-state index is 7.89. The largest absolute Gasteiger partial charge is 0.360 e. The topological polar surface area (TPSA) is 59.4 Å². The van der Waals surface area contributed by atoms with Crippen LogP contribution in [0.4, 0.5) is 5.69 Å². The second-order valence-corrected chi connectivity index (χ2v) is 1.61. The molecule has 4 heteroatoms. The lowest BCUT2D eigenvalue weighted by atomic mass is 10.3. The lowest BCUT2D eigenvalue weighted by Gasteiger charge is -1.90. The van der Waals surface area contributed by atoms with Crippen molar-refractivity contribution in [3.63, 3.8) is 0 Å². The monoisotopic (exact) mass is 133 g/mol. The maximum atomic E-state index is 7.89. The van der Waals surface area contributed by atoms with Gasteiger partial charge in [0.1, 0.15) is 0 Å². The van der Waals surface area contributed by atoms with Crippen molar-refractivity contribution in [1.82, 2.24) is 0 Å². The van der Waals surface area contributed by atoms with E-state index in [1.165, 1.54) is 0 Å². The van der Waals surface area contributed by atoms with E-state index in [0.29, 0.717) is 5.69 Å². The average molecular weight is 133 g/mol. The van der Waals surface area contributed by atoms with Crippen LogP contribution in [0.2, 0.25) is 0 Å². The Labute approximate surface area is 58.1 Å². The van der Waals surface area contributed by atoms with E-state index in [0.717, 1.165) is 0 Å². The van der Waals surface area contributed by atoms with E-state index in [4.69, 9.17) is 5.53 Å². The predicted molar refractivity (Wildman–Crippen MR) is 36.7 cm³/mol. The van der Waals surface area contributed by atoms with Crippen molar-refractivity contribution in [2.24, 2.45) is 15.6 Å². The Morgan fingerprint density at radius 1 is 1.10 bits per heavy atom. The Balaban J connectivity index is 2.76. The summed E-state index contributed by atoms with van der Waals surface area (Å²) in [6.07, 6.45) is 0. The van der Waals surface area contributed by atoms with Gasteiger partial charge in [-0.05, 0) is 12.1 Å². The van der Waals surface area contributed by atoms with Gasteiger partial charge in [-0.2, -0.15) is 0 Å². The van der Waals surface area contributed by atoms with Gasteiger partial charge in [0.05, 0.1) is 5.69 Å². The summed E-state index contributed by atoms with van der Waals surface area (Å²) >= 11 is 0. The molecule has 0 saturated carbocycles. The molecule has 0 aromatic heterocycles. The summed E-state index contributed by atoms with van der Waals surface area (Å²) in [6, 6.07) is 9.04. The number of rotatable bonds is 2. The van der Waals surface area contributed by atoms with E-state index in [9.17, 15) is 0 Å². The molecular formula is C6H5N4-. The minimum atomic E-state index is 0.667. The molecule has 0 N–H and O–H groups in total. The molecule has 0 fully saturated rings. The molecule has 0 radical (unpaired) electrons. The third-order valence-corrected chi connectivity index (χ3v) is 0.956. The average Bonchev–Trinajstić information content (AvgIpc) is 2.03. The number of hydrogen-bond donors (Lipinski definition) is 0. The summed E-state index contributed by atoms with van der Waals surface area (Å²) in [6.45, 7) is 0. The van der Waals surface area contributed by atoms with E-state index < -0.39 is 0 Å². The van der Waals surface area contributed by atoms with Gasteiger partial charge in [0, 0.05) is 0 Å². The second-order valence-electron chi connectivity index (χ2n) is 1.61. The Hall–Kier alpha value is -1.58. The van der Waals surface area contributed by atoms with Crippen molar-refractivity contribution in [3.8, 4) is 0 Å². The van der Waals surface area contributed by atoms with Gasteiger partial charge in [-0.15, -0.1) is 0 Å². The molecule has 0 amide bonds. The summed E-state index contributed by atoms with van der Waals surface area (Å²) in [5, 5.41) is 9.07. The van der Waals surface area contributed by atoms with Gasteiger partial charge in [0.2, 0.25) is 0 Å². The normalized spacial score (nSPS) is 10.0. The van der Waals surface area contributed by atoms with Gasteiger partial charge in [-0.3, -0.25) is 10.4 Å². The van der Waals surface area contributed by atoms with Crippen LogP contribution in [0.1, 0.15) is 0 Å². The van der Waals surface area contributed by atoms with Gasteiger partial charge < -0.3 is 5.53 Å². The zero-order valence-electron chi connectivity index (χ0n) is 5.18. The lowest BCUT2D eigenvalue weighted by molar-refractivity contribution is 1.05. The first kappa shape index (κ1) is 6.54. The summed E-state index contributed by atoms with van der Waals surface area (Å²) in [5.74, 6) is 0. The second kappa shape index (κ2) is 3.45. The van der Waals surface area contributed by atoms with Crippen LogP contribution in [-0.4, -0.2) is 0 Å². The Kier molecular flexibility index (Phi) is 2.25. The van der Waals surface area contributed by atoms with E-state index in [2.05, 4.69) is 15.6 Å². The SMILES string of the molecule is [N-]=NN=Nc1ccccc1. The Bertz CT molecular complexity index is 229. The third-order valence-electron chi connectivity index (χ3n) is 0.956. The lowest BCUT2D eigenvalue weighted by Crippen LogP contribution is -1.58. The molecule has 0 heterocycles. The third kappa shape index (κ3) is 1.74. The Morgan fingerprint density at radius 3 is 2.40 bits per heavy atom. The molecule has 0 atom stereocenters. The standard InChI is InChI=1S/C6H5N4/c7-9-10-8-6-4-2-1-3-5-6/h1-5H/q-1. The van der Waals surface area contributed by atoms with Crippen molar-refractivity contribution in [1.29, 1.82) is 0 Å². The summed E-state index contributed by atoms with van der Waals surface area (Å²) in [4.78, 5) is 0. The van der Waals surface area contributed by atoms with Gasteiger partial charge >= 0.3 is 0 Å². The fourth-order valence-electron chi connectivity index (χ4n) is 0.566. The highest BCUT2D eigenvalue weighted by molar-refractivity contribution is 5.34. The highest BCUT2D eigenvalue weighted by atomic mass is 15.4. The van der Waals surface area contributed by atoms with Crippen molar-refractivity contribution < 1.29 is 0 Å². The van der Waals surface area contributed by atoms with Crippen LogP contribution in [0.5, 0.6) is 0 Å². The van der Waals surface area contributed by atoms with E-state index in [1.807, 2.05) is 18.2 Å². The molecule has 10 heavy (non-hydrogen) atoms. The van der Waals surface area contributed by atoms with Gasteiger partial charge in [-0.25, -0.2) is 5.11 Å². The maximum Gasteiger partial charge on any atom is 0.0635 e. The Morgan fingerprint density at radius 2 is 1.80 bits per heavy atom. The molecule has 50 valence electrons. The molecule has 1 aromatic carbocycles. The van der Waals surface area contributed by atoms with Crippen LogP contribution in [0.25, 0.3) is 5.53 Å². The van der Waals surface area contributed by atoms with Crippen LogP contribution in [-0.2, 0) is 0 Å². The smallest absolute Gasteiger partial charge is 0.0635 e. The molecule has 0 bridgehead atoms. The molecule has 0 unspecified atom stereocenters. The zero-order valence-corrected chi connectivity index (χ0v) is 5.18. The first-order chi connectivity index (χ1) is 4.93. The van der Waals surface area contributed by atoms with Crippen molar-refractivity contribution in [2.45, 2.75) is 0 Å². The molecule has 0 aliphatic carbocycles. The van der Waals surface area contributed by atoms with Crippen molar-refractivity contribution in [2.75, 3.05) is 0 Å². The first-order valence-corrected chi connectivity index (χ1v) is 2.73. The molecule has 1 aromatic rings. The fourth-order valence-corrected chi connectivity index (χ4v) is 0.566. The predicted octanol–water partition coefficient (Wildman–Crippen LogP) is 2.71. The van der Waals surface area contributed by atoms with Crippen LogP contribution < -0.4 is 0 Å². The zero-order chi connectivity index (χ0) is 7.23. The number of benzene rings is 1. The van der Waals surface area contributed by atoms with Crippen LogP contribution in [0.15, 0.2) is 45.9 Å².